The third-order valence-electron chi connectivity index (χ3n) is 3.15. The molecule has 0 spiro atoms. The number of methoxy groups -OCH3 is 1. The Morgan fingerprint density at radius 1 is 1.27 bits per heavy atom. The summed E-state index contributed by atoms with van der Waals surface area (Å²) in [5, 5.41) is 8.69. The van der Waals surface area contributed by atoms with Crippen LogP contribution in [0.15, 0.2) is 24.3 Å². The van der Waals surface area contributed by atoms with Gasteiger partial charge in [0.05, 0.1) is 6.61 Å². The zero-order chi connectivity index (χ0) is 16.2. The lowest BCUT2D eigenvalue weighted by Crippen LogP contribution is -2.27. The molecule has 0 aliphatic carbocycles. The minimum Gasteiger partial charge on any atom is -0.464 e. The SMILES string of the molecule is CCOC(=O)[C@H](Cc1ccc(C#CCCCCO)cc1)OC. The lowest BCUT2D eigenvalue weighted by Gasteiger charge is -2.13. The Hall–Kier alpha value is -1.83. The van der Waals surface area contributed by atoms with Crippen LogP contribution < -0.4 is 0 Å². The van der Waals surface area contributed by atoms with Crippen LogP contribution in [0.1, 0.15) is 37.3 Å². The van der Waals surface area contributed by atoms with Crippen LogP contribution in [0.5, 0.6) is 0 Å². The van der Waals surface area contributed by atoms with E-state index in [0.717, 1.165) is 30.4 Å². The third-order valence-corrected chi connectivity index (χ3v) is 3.15. The minimum absolute atomic E-state index is 0.220. The highest BCUT2D eigenvalue weighted by Gasteiger charge is 2.19. The maximum atomic E-state index is 11.7. The van der Waals surface area contributed by atoms with E-state index in [0.29, 0.717) is 13.0 Å². The maximum absolute atomic E-state index is 11.7. The number of esters is 1. The minimum atomic E-state index is -0.574. The molecule has 0 saturated heterocycles. The van der Waals surface area contributed by atoms with E-state index >= 15 is 0 Å². The van der Waals surface area contributed by atoms with Crippen LogP contribution in [0.25, 0.3) is 0 Å². The van der Waals surface area contributed by atoms with Crippen LogP contribution >= 0.6 is 0 Å². The zero-order valence-electron chi connectivity index (χ0n) is 13.3. The molecule has 0 aromatic heterocycles. The van der Waals surface area contributed by atoms with E-state index in [9.17, 15) is 4.79 Å². The number of hydrogen-bond acceptors (Lipinski definition) is 4. The number of benzene rings is 1. The van der Waals surface area contributed by atoms with Gasteiger partial charge >= 0.3 is 5.97 Å². The Morgan fingerprint density at radius 2 is 2.00 bits per heavy atom. The van der Waals surface area contributed by atoms with Crippen LogP contribution in [-0.4, -0.2) is 37.5 Å². The van der Waals surface area contributed by atoms with E-state index < -0.39 is 6.10 Å². The number of carbonyl (C=O) groups is 1. The zero-order valence-corrected chi connectivity index (χ0v) is 13.3. The predicted molar refractivity (Wildman–Crippen MR) is 85.4 cm³/mol. The summed E-state index contributed by atoms with van der Waals surface area (Å²) in [6, 6.07) is 7.77. The van der Waals surface area contributed by atoms with Gasteiger partial charge in [-0.1, -0.05) is 24.0 Å². The van der Waals surface area contributed by atoms with Gasteiger partial charge in [-0.3, -0.25) is 0 Å². The monoisotopic (exact) mass is 304 g/mol. The molecule has 1 rings (SSSR count). The van der Waals surface area contributed by atoms with Crippen molar-refractivity contribution < 1.29 is 19.4 Å². The second-order valence-corrected chi connectivity index (χ2v) is 4.86. The number of aliphatic hydroxyl groups is 1. The number of ether oxygens (including phenoxy) is 2. The summed E-state index contributed by atoms with van der Waals surface area (Å²) in [5.41, 5.74) is 1.95. The summed E-state index contributed by atoms with van der Waals surface area (Å²) in [5.74, 6) is 5.83. The van der Waals surface area contributed by atoms with Crippen molar-refractivity contribution in [2.24, 2.45) is 0 Å². The van der Waals surface area contributed by atoms with Gasteiger partial charge in [0.1, 0.15) is 0 Å². The van der Waals surface area contributed by atoms with E-state index in [1.807, 2.05) is 24.3 Å². The van der Waals surface area contributed by atoms with Gasteiger partial charge in [-0.2, -0.15) is 0 Å². The fourth-order valence-electron chi connectivity index (χ4n) is 1.93. The molecule has 1 aromatic carbocycles. The Labute approximate surface area is 132 Å². The van der Waals surface area contributed by atoms with Gasteiger partial charge in [0.2, 0.25) is 0 Å². The van der Waals surface area contributed by atoms with Gasteiger partial charge < -0.3 is 14.6 Å². The molecule has 0 aliphatic rings. The standard InChI is InChI=1S/C18H24O4/c1-3-22-18(20)17(21-2)14-16-11-9-15(10-12-16)8-6-4-5-7-13-19/h9-12,17,19H,3-5,7,13-14H2,1-2H3/t17-/m0/s1. The number of aliphatic hydroxyl groups excluding tert-OH is 1. The van der Waals surface area contributed by atoms with Gasteiger partial charge in [0, 0.05) is 32.1 Å². The van der Waals surface area contributed by atoms with Gasteiger partial charge in [0.15, 0.2) is 6.10 Å². The Bertz CT molecular complexity index is 496. The third kappa shape index (κ3) is 6.75. The summed E-state index contributed by atoms with van der Waals surface area (Å²) in [6.07, 6.45) is 2.41. The summed E-state index contributed by atoms with van der Waals surface area (Å²) in [7, 11) is 1.51. The first-order valence-electron chi connectivity index (χ1n) is 7.59. The number of hydrogen-bond donors (Lipinski definition) is 1. The molecular formula is C18H24O4. The number of unbranched alkanes of at least 4 members (excludes halogenated alkanes) is 2. The normalized spacial score (nSPS) is 11.4. The van der Waals surface area contributed by atoms with Crippen LogP contribution in [0, 0.1) is 11.8 Å². The average Bonchev–Trinajstić information content (AvgIpc) is 2.54. The Balaban J connectivity index is 2.55. The van der Waals surface area contributed by atoms with Crippen molar-refractivity contribution in [3.63, 3.8) is 0 Å². The molecule has 4 nitrogen and oxygen atoms in total. The fraction of sp³-hybridized carbons (Fsp3) is 0.500. The van der Waals surface area contributed by atoms with Crippen LogP contribution in [0.2, 0.25) is 0 Å². The lowest BCUT2D eigenvalue weighted by molar-refractivity contribution is -0.154. The Kier molecular flexibility index (Phi) is 8.97. The molecular weight excluding hydrogens is 280 g/mol. The second-order valence-electron chi connectivity index (χ2n) is 4.86. The molecule has 0 heterocycles. The summed E-state index contributed by atoms with van der Waals surface area (Å²) in [4.78, 5) is 11.7. The predicted octanol–water partition coefficient (Wildman–Crippen LogP) is 2.32. The highest BCUT2D eigenvalue weighted by molar-refractivity contribution is 5.75. The highest BCUT2D eigenvalue weighted by atomic mass is 16.6. The number of carbonyl (C=O) groups excluding carboxylic acids is 1. The van der Waals surface area contributed by atoms with Crippen LogP contribution in [0.3, 0.4) is 0 Å². The Morgan fingerprint density at radius 3 is 2.59 bits per heavy atom. The van der Waals surface area contributed by atoms with E-state index in [-0.39, 0.29) is 12.6 Å². The highest BCUT2D eigenvalue weighted by Crippen LogP contribution is 2.09. The van der Waals surface area contributed by atoms with Crippen molar-refractivity contribution in [3.8, 4) is 11.8 Å². The van der Waals surface area contributed by atoms with E-state index in [1.54, 1.807) is 6.92 Å². The quantitative estimate of drug-likeness (QED) is 0.455. The van der Waals surface area contributed by atoms with E-state index in [1.165, 1.54) is 7.11 Å². The molecule has 4 heteroatoms. The molecule has 0 fully saturated rings. The van der Waals surface area contributed by atoms with Crippen LogP contribution in [-0.2, 0) is 20.7 Å². The summed E-state index contributed by atoms with van der Waals surface area (Å²) in [6.45, 7) is 2.35. The smallest absolute Gasteiger partial charge is 0.335 e. The maximum Gasteiger partial charge on any atom is 0.335 e. The molecule has 1 atom stereocenters. The molecule has 0 saturated carbocycles. The largest absolute Gasteiger partial charge is 0.464 e. The van der Waals surface area contributed by atoms with Crippen molar-refractivity contribution in [3.05, 3.63) is 35.4 Å². The molecule has 1 N–H and O–H groups in total. The first-order valence-corrected chi connectivity index (χ1v) is 7.59. The number of rotatable bonds is 8. The van der Waals surface area contributed by atoms with Gasteiger partial charge in [0.25, 0.3) is 0 Å². The first-order chi connectivity index (χ1) is 10.7. The van der Waals surface area contributed by atoms with Crippen molar-refractivity contribution in [1.29, 1.82) is 0 Å². The second kappa shape index (κ2) is 10.8. The first kappa shape index (κ1) is 18.2. The van der Waals surface area contributed by atoms with Gasteiger partial charge in [-0.15, -0.1) is 0 Å². The molecule has 0 unspecified atom stereocenters. The molecule has 0 bridgehead atoms. The van der Waals surface area contributed by atoms with Crippen LogP contribution in [0.4, 0.5) is 0 Å². The van der Waals surface area contributed by atoms with E-state index in [2.05, 4.69) is 11.8 Å². The van der Waals surface area contributed by atoms with Crippen molar-refractivity contribution in [1.82, 2.24) is 0 Å². The van der Waals surface area contributed by atoms with Crippen molar-refractivity contribution in [2.45, 2.75) is 38.7 Å². The van der Waals surface area contributed by atoms with Crippen molar-refractivity contribution in [2.75, 3.05) is 20.3 Å². The summed E-state index contributed by atoms with van der Waals surface area (Å²) >= 11 is 0. The average molecular weight is 304 g/mol. The molecule has 22 heavy (non-hydrogen) atoms. The molecule has 0 radical (unpaired) electrons. The molecule has 120 valence electrons. The lowest BCUT2D eigenvalue weighted by atomic mass is 10.1. The van der Waals surface area contributed by atoms with Gasteiger partial charge in [-0.05, 0) is 37.5 Å². The molecule has 0 aliphatic heterocycles. The van der Waals surface area contributed by atoms with Gasteiger partial charge in [-0.25, -0.2) is 4.79 Å². The fourth-order valence-corrected chi connectivity index (χ4v) is 1.93. The topological polar surface area (TPSA) is 55.8 Å². The van der Waals surface area contributed by atoms with Crippen molar-refractivity contribution >= 4 is 5.97 Å². The molecule has 1 aromatic rings. The van der Waals surface area contributed by atoms with E-state index in [4.69, 9.17) is 14.6 Å². The molecule has 0 amide bonds. The summed E-state index contributed by atoms with van der Waals surface area (Å²) < 4.78 is 10.2.